The number of aromatic nitrogens is 2. The van der Waals surface area contributed by atoms with E-state index in [2.05, 4.69) is 30.3 Å². The predicted octanol–water partition coefficient (Wildman–Crippen LogP) is 4.36. The van der Waals surface area contributed by atoms with E-state index >= 15 is 0 Å². The summed E-state index contributed by atoms with van der Waals surface area (Å²) in [5.41, 5.74) is 6.32. The molecule has 0 radical (unpaired) electrons. The molecule has 0 aliphatic carbocycles. The Balaban J connectivity index is 1.53. The first kappa shape index (κ1) is 20.6. The Kier molecular flexibility index (Phi) is 6.37. The van der Waals surface area contributed by atoms with Gasteiger partial charge < -0.3 is 10.1 Å². The van der Waals surface area contributed by atoms with Crippen molar-refractivity contribution < 1.29 is 9.53 Å². The summed E-state index contributed by atoms with van der Waals surface area (Å²) in [5, 5.41) is 7.47. The summed E-state index contributed by atoms with van der Waals surface area (Å²) in [6, 6.07) is 15.6. The normalized spacial score (nSPS) is 11.9. The number of ether oxygens (including phenoxy) is 1. The Morgan fingerprint density at radius 3 is 2.38 bits per heavy atom. The van der Waals surface area contributed by atoms with E-state index in [4.69, 9.17) is 4.74 Å². The van der Waals surface area contributed by atoms with E-state index in [0.29, 0.717) is 18.7 Å². The van der Waals surface area contributed by atoms with Gasteiger partial charge in [0.1, 0.15) is 12.4 Å². The second-order valence-electron chi connectivity index (χ2n) is 7.71. The number of hydrogen-bond acceptors (Lipinski definition) is 3. The molecular formula is C24H29N3O2. The fourth-order valence-electron chi connectivity index (χ4n) is 3.14. The summed E-state index contributed by atoms with van der Waals surface area (Å²) >= 11 is 0. The number of carbonyl (C=O) groups is 1. The number of amides is 1. The maximum Gasteiger partial charge on any atom is 0.251 e. The molecule has 1 heterocycles. The minimum atomic E-state index is -0.0986. The first-order valence-electron chi connectivity index (χ1n) is 9.92. The minimum absolute atomic E-state index is 0.0983. The molecule has 0 fully saturated rings. The van der Waals surface area contributed by atoms with Gasteiger partial charge in [-0.1, -0.05) is 18.2 Å². The van der Waals surface area contributed by atoms with Crippen LogP contribution in [0.25, 0.3) is 0 Å². The molecule has 29 heavy (non-hydrogen) atoms. The molecule has 0 spiro atoms. The van der Waals surface area contributed by atoms with E-state index in [1.165, 1.54) is 11.1 Å². The topological polar surface area (TPSA) is 56.2 Å². The molecule has 0 bridgehead atoms. The van der Waals surface area contributed by atoms with Gasteiger partial charge in [0.15, 0.2) is 0 Å². The molecule has 0 aliphatic rings. The van der Waals surface area contributed by atoms with Gasteiger partial charge in [0.05, 0.1) is 18.3 Å². The van der Waals surface area contributed by atoms with Gasteiger partial charge in [-0.3, -0.25) is 9.48 Å². The van der Waals surface area contributed by atoms with E-state index < -0.39 is 0 Å². The molecule has 2 aromatic carbocycles. The van der Waals surface area contributed by atoms with Crippen molar-refractivity contribution in [3.05, 3.63) is 82.2 Å². The summed E-state index contributed by atoms with van der Waals surface area (Å²) < 4.78 is 7.78. The lowest BCUT2D eigenvalue weighted by Crippen LogP contribution is -2.36. The lowest BCUT2D eigenvalue weighted by molar-refractivity contribution is 0.0926. The van der Waals surface area contributed by atoms with Gasteiger partial charge in [-0.2, -0.15) is 5.10 Å². The van der Waals surface area contributed by atoms with E-state index in [1.54, 1.807) is 0 Å². The van der Waals surface area contributed by atoms with Crippen LogP contribution in [0.1, 0.15) is 45.4 Å². The van der Waals surface area contributed by atoms with Crippen LogP contribution < -0.4 is 10.1 Å². The Hall–Kier alpha value is -3.08. The van der Waals surface area contributed by atoms with E-state index in [-0.39, 0.29) is 11.9 Å². The molecule has 0 saturated heterocycles. The lowest BCUT2D eigenvalue weighted by Gasteiger charge is -2.16. The maximum absolute atomic E-state index is 12.5. The molecule has 3 aromatic rings. The Bertz CT molecular complexity index is 990. The smallest absolute Gasteiger partial charge is 0.251 e. The molecule has 3 rings (SSSR count). The predicted molar refractivity (Wildman–Crippen MR) is 116 cm³/mol. The largest absolute Gasteiger partial charge is 0.491 e. The van der Waals surface area contributed by atoms with Crippen LogP contribution in [0.4, 0.5) is 0 Å². The average molecular weight is 392 g/mol. The molecule has 5 nitrogen and oxygen atoms in total. The molecule has 5 heteroatoms. The van der Waals surface area contributed by atoms with Crippen molar-refractivity contribution in [3.8, 4) is 5.75 Å². The van der Waals surface area contributed by atoms with Gasteiger partial charge in [-0.25, -0.2) is 0 Å². The summed E-state index contributed by atoms with van der Waals surface area (Å²) in [7, 11) is 0. The Labute approximate surface area is 172 Å². The Morgan fingerprint density at radius 2 is 1.76 bits per heavy atom. The highest BCUT2D eigenvalue weighted by molar-refractivity contribution is 5.94. The zero-order valence-corrected chi connectivity index (χ0v) is 17.8. The SMILES string of the molecule is Cc1cc(C)n(Cc2ccc(C(=O)N[C@H](C)COc3ccc(C)c(C)c3)cc2)n1. The van der Waals surface area contributed by atoms with Gasteiger partial charge in [0, 0.05) is 11.3 Å². The summed E-state index contributed by atoms with van der Waals surface area (Å²) in [6.45, 7) is 11.2. The van der Waals surface area contributed by atoms with Crippen LogP contribution in [0.15, 0.2) is 48.5 Å². The highest BCUT2D eigenvalue weighted by atomic mass is 16.5. The molecule has 1 N–H and O–H groups in total. The fraction of sp³-hybridized carbons (Fsp3) is 0.333. The summed E-state index contributed by atoms with van der Waals surface area (Å²) in [5.74, 6) is 0.724. The van der Waals surface area contributed by atoms with Crippen LogP contribution in [-0.2, 0) is 6.54 Å². The summed E-state index contributed by atoms with van der Waals surface area (Å²) in [4.78, 5) is 12.5. The van der Waals surface area contributed by atoms with Crippen LogP contribution in [0.5, 0.6) is 5.75 Å². The van der Waals surface area contributed by atoms with Crippen molar-refractivity contribution in [1.82, 2.24) is 15.1 Å². The molecular weight excluding hydrogens is 362 g/mol. The van der Waals surface area contributed by atoms with Crippen molar-refractivity contribution >= 4 is 5.91 Å². The summed E-state index contributed by atoms with van der Waals surface area (Å²) in [6.07, 6.45) is 0. The third-order valence-corrected chi connectivity index (χ3v) is 5.01. The molecule has 1 atom stereocenters. The number of benzene rings is 2. The lowest BCUT2D eigenvalue weighted by atomic mass is 10.1. The van der Waals surface area contributed by atoms with E-state index in [9.17, 15) is 4.79 Å². The maximum atomic E-state index is 12.5. The van der Waals surface area contributed by atoms with Gasteiger partial charge in [-0.05, 0) is 81.6 Å². The molecule has 0 aliphatic heterocycles. The second-order valence-corrected chi connectivity index (χ2v) is 7.71. The van der Waals surface area contributed by atoms with Gasteiger partial charge in [0.2, 0.25) is 0 Å². The highest BCUT2D eigenvalue weighted by Gasteiger charge is 2.11. The molecule has 0 unspecified atom stereocenters. The number of hydrogen-bond donors (Lipinski definition) is 1. The van der Waals surface area contributed by atoms with Gasteiger partial charge in [-0.15, -0.1) is 0 Å². The average Bonchev–Trinajstić information content (AvgIpc) is 3.00. The van der Waals surface area contributed by atoms with Crippen LogP contribution in [0.2, 0.25) is 0 Å². The first-order valence-corrected chi connectivity index (χ1v) is 9.92. The number of carbonyl (C=O) groups excluding carboxylic acids is 1. The number of rotatable bonds is 7. The number of nitrogens with zero attached hydrogens (tertiary/aromatic N) is 2. The van der Waals surface area contributed by atoms with Gasteiger partial charge >= 0.3 is 0 Å². The fourth-order valence-corrected chi connectivity index (χ4v) is 3.14. The third kappa shape index (κ3) is 5.47. The van der Waals surface area contributed by atoms with Crippen LogP contribution >= 0.6 is 0 Å². The van der Waals surface area contributed by atoms with Crippen LogP contribution in [0, 0.1) is 27.7 Å². The zero-order chi connectivity index (χ0) is 21.0. The van der Waals surface area contributed by atoms with Crippen molar-refractivity contribution in [2.75, 3.05) is 6.61 Å². The minimum Gasteiger partial charge on any atom is -0.491 e. The van der Waals surface area contributed by atoms with E-state index in [0.717, 1.165) is 22.7 Å². The van der Waals surface area contributed by atoms with Crippen molar-refractivity contribution in [1.29, 1.82) is 0 Å². The van der Waals surface area contributed by atoms with Crippen molar-refractivity contribution in [2.24, 2.45) is 0 Å². The monoisotopic (exact) mass is 391 g/mol. The van der Waals surface area contributed by atoms with Gasteiger partial charge in [0.25, 0.3) is 5.91 Å². The van der Waals surface area contributed by atoms with E-state index in [1.807, 2.05) is 67.9 Å². The van der Waals surface area contributed by atoms with Crippen LogP contribution in [-0.4, -0.2) is 28.3 Å². The highest BCUT2D eigenvalue weighted by Crippen LogP contribution is 2.16. The molecule has 1 amide bonds. The number of nitrogens with one attached hydrogen (secondary N) is 1. The molecule has 1 aromatic heterocycles. The second kappa shape index (κ2) is 8.95. The van der Waals surface area contributed by atoms with Crippen molar-refractivity contribution in [2.45, 2.75) is 47.2 Å². The molecule has 0 saturated carbocycles. The zero-order valence-electron chi connectivity index (χ0n) is 17.8. The molecule has 152 valence electrons. The number of aryl methyl sites for hydroxylation is 4. The first-order chi connectivity index (χ1) is 13.8. The Morgan fingerprint density at radius 1 is 1.03 bits per heavy atom. The van der Waals surface area contributed by atoms with Crippen molar-refractivity contribution in [3.63, 3.8) is 0 Å². The quantitative estimate of drug-likeness (QED) is 0.651. The van der Waals surface area contributed by atoms with Crippen LogP contribution in [0.3, 0.4) is 0 Å². The standard InChI is InChI=1S/C24H29N3O2/c1-16-6-11-23(12-17(16)2)29-15-19(4)25-24(28)22-9-7-21(8-10-22)14-27-20(5)13-18(3)26-27/h6-13,19H,14-15H2,1-5H3,(H,25,28)/t19-/m1/s1. The third-order valence-electron chi connectivity index (χ3n) is 5.01.